The molecule has 2 aromatic rings. The third-order valence-corrected chi connectivity index (χ3v) is 5.41. The number of halogens is 4. The fourth-order valence-electron chi connectivity index (χ4n) is 3.01. The van der Waals surface area contributed by atoms with Crippen molar-refractivity contribution in [2.24, 2.45) is 16.5 Å². The molecule has 5 N–H and O–H groups in total. The SMILES string of the molecule is NC(=O)C(C1=NCCN(C(=O)Nc2ccc(Cl)c(Cl)c2)C1)=C(N)c1cc(F)cc(Cl)c1. The van der Waals surface area contributed by atoms with Crippen LogP contribution in [0.1, 0.15) is 5.56 Å². The molecule has 0 saturated heterocycles. The summed E-state index contributed by atoms with van der Waals surface area (Å²) in [4.78, 5) is 30.6. The monoisotopic (exact) mass is 483 g/mol. The molecule has 0 radical (unpaired) electrons. The average Bonchev–Trinajstić information content (AvgIpc) is 2.70. The summed E-state index contributed by atoms with van der Waals surface area (Å²) in [6, 6.07) is 7.87. The molecule has 0 saturated carbocycles. The molecule has 31 heavy (non-hydrogen) atoms. The number of nitrogens with one attached hydrogen (secondary N) is 1. The Balaban J connectivity index is 1.85. The Labute approximate surface area is 192 Å². The van der Waals surface area contributed by atoms with Crippen LogP contribution in [0.2, 0.25) is 15.1 Å². The van der Waals surface area contributed by atoms with E-state index in [0.29, 0.717) is 22.3 Å². The quantitative estimate of drug-likeness (QED) is 0.571. The van der Waals surface area contributed by atoms with Crippen LogP contribution in [-0.2, 0) is 4.79 Å². The molecule has 1 aliphatic heterocycles. The van der Waals surface area contributed by atoms with Crippen LogP contribution in [0.3, 0.4) is 0 Å². The number of carbonyl (C=O) groups is 2. The third kappa shape index (κ3) is 5.46. The highest BCUT2D eigenvalue weighted by atomic mass is 35.5. The Morgan fingerprint density at radius 3 is 2.45 bits per heavy atom. The van der Waals surface area contributed by atoms with Crippen LogP contribution in [-0.4, -0.2) is 42.2 Å². The van der Waals surface area contributed by atoms with Gasteiger partial charge in [-0.2, -0.15) is 0 Å². The Morgan fingerprint density at radius 1 is 1.06 bits per heavy atom. The van der Waals surface area contributed by atoms with Crippen LogP contribution in [0.15, 0.2) is 47.0 Å². The van der Waals surface area contributed by atoms with E-state index in [-0.39, 0.29) is 40.7 Å². The van der Waals surface area contributed by atoms with Crippen molar-refractivity contribution in [1.82, 2.24) is 4.90 Å². The van der Waals surface area contributed by atoms with Crippen molar-refractivity contribution < 1.29 is 14.0 Å². The molecule has 0 aromatic heterocycles. The van der Waals surface area contributed by atoms with Crippen molar-refractivity contribution in [3.63, 3.8) is 0 Å². The maximum Gasteiger partial charge on any atom is 0.322 e. The van der Waals surface area contributed by atoms with Crippen LogP contribution >= 0.6 is 34.8 Å². The first-order valence-corrected chi connectivity index (χ1v) is 10.1. The molecular formula is C20H17Cl3FN5O2. The molecular weight excluding hydrogens is 468 g/mol. The predicted octanol–water partition coefficient (Wildman–Crippen LogP) is 3.93. The molecule has 11 heteroatoms. The van der Waals surface area contributed by atoms with Crippen molar-refractivity contribution in [3.8, 4) is 0 Å². The van der Waals surface area contributed by atoms with Crippen LogP contribution in [0, 0.1) is 5.82 Å². The Kier molecular flexibility index (Phi) is 7.04. The maximum atomic E-state index is 13.7. The van der Waals surface area contributed by atoms with Crippen LogP contribution in [0.25, 0.3) is 5.70 Å². The van der Waals surface area contributed by atoms with Gasteiger partial charge in [-0.25, -0.2) is 9.18 Å². The van der Waals surface area contributed by atoms with Crippen molar-refractivity contribution in [1.29, 1.82) is 0 Å². The first-order chi connectivity index (χ1) is 14.7. The molecule has 162 valence electrons. The number of nitrogens with two attached hydrogens (primary N) is 2. The van der Waals surface area contributed by atoms with E-state index in [0.717, 1.165) is 12.1 Å². The van der Waals surface area contributed by atoms with Gasteiger partial charge in [0.2, 0.25) is 0 Å². The largest absolute Gasteiger partial charge is 0.398 e. The number of primary amides is 1. The minimum absolute atomic E-state index is 0.0326. The second kappa shape index (κ2) is 9.55. The van der Waals surface area contributed by atoms with Crippen molar-refractivity contribution >= 4 is 63.8 Å². The molecule has 1 aliphatic rings. The van der Waals surface area contributed by atoms with E-state index in [9.17, 15) is 14.0 Å². The Bertz CT molecular complexity index is 1100. The molecule has 3 amide bonds. The summed E-state index contributed by atoms with van der Waals surface area (Å²) in [6.45, 7) is 0.488. The van der Waals surface area contributed by atoms with Gasteiger partial charge in [0.05, 0.1) is 40.1 Å². The van der Waals surface area contributed by atoms with Gasteiger partial charge >= 0.3 is 6.03 Å². The minimum Gasteiger partial charge on any atom is -0.398 e. The highest BCUT2D eigenvalue weighted by Gasteiger charge is 2.26. The molecule has 0 aliphatic carbocycles. The van der Waals surface area contributed by atoms with Gasteiger partial charge in [-0.3, -0.25) is 9.79 Å². The third-order valence-electron chi connectivity index (χ3n) is 4.45. The van der Waals surface area contributed by atoms with E-state index in [2.05, 4.69) is 10.3 Å². The summed E-state index contributed by atoms with van der Waals surface area (Å²) < 4.78 is 13.7. The molecule has 3 rings (SSSR count). The van der Waals surface area contributed by atoms with Gasteiger partial charge in [0, 0.05) is 22.8 Å². The zero-order valence-corrected chi connectivity index (χ0v) is 18.2. The molecule has 0 unspecified atom stereocenters. The topological polar surface area (TPSA) is 114 Å². The summed E-state index contributed by atoms with van der Waals surface area (Å²) in [7, 11) is 0. The van der Waals surface area contributed by atoms with Crippen LogP contribution < -0.4 is 16.8 Å². The molecule has 1 heterocycles. The summed E-state index contributed by atoms with van der Waals surface area (Å²) in [5.41, 5.74) is 12.3. The van der Waals surface area contributed by atoms with Gasteiger partial charge in [0.1, 0.15) is 5.82 Å². The van der Waals surface area contributed by atoms with Gasteiger partial charge in [-0.15, -0.1) is 0 Å². The zero-order valence-electron chi connectivity index (χ0n) is 16.0. The second-order valence-corrected chi connectivity index (χ2v) is 7.87. The highest BCUT2D eigenvalue weighted by molar-refractivity contribution is 6.42. The lowest BCUT2D eigenvalue weighted by Crippen LogP contribution is -2.45. The molecule has 0 fully saturated rings. The van der Waals surface area contributed by atoms with Gasteiger partial charge in [-0.05, 0) is 36.4 Å². The molecule has 0 spiro atoms. The van der Waals surface area contributed by atoms with E-state index in [4.69, 9.17) is 46.3 Å². The minimum atomic E-state index is -0.858. The first kappa shape index (κ1) is 22.9. The van der Waals surface area contributed by atoms with Crippen molar-refractivity contribution in [3.05, 3.63) is 68.4 Å². The number of hydrogen-bond acceptors (Lipinski definition) is 4. The second-order valence-electron chi connectivity index (χ2n) is 6.62. The van der Waals surface area contributed by atoms with E-state index < -0.39 is 17.8 Å². The molecule has 0 atom stereocenters. The van der Waals surface area contributed by atoms with E-state index >= 15 is 0 Å². The van der Waals surface area contributed by atoms with Gasteiger partial charge in [0.15, 0.2) is 0 Å². The molecule has 0 bridgehead atoms. The van der Waals surface area contributed by atoms with Crippen molar-refractivity contribution in [2.45, 2.75) is 0 Å². The number of hydrogen-bond donors (Lipinski definition) is 3. The predicted molar refractivity (Wildman–Crippen MR) is 121 cm³/mol. The number of anilines is 1. The molecule has 7 nitrogen and oxygen atoms in total. The lowest BCUT2D eigenvalue weighted by molar-refractivity contribution is -0.114. The number of amides is 3. The number of rotatable bonds is 4. The fraction of sp³-hybridized carbons (Fsp3) is 0.150. The van der Waals surface area contributed by atoms with E-state index in [1.54, 1.807) is 12.1 Å². The Morgan fingerprint density at radius 2 is 1.81 bits per heavy atom. The maximum absolute atomic E-state index is 13.7. The highest BCUT2D eigenvalue weighted by Crippen LogP contribution is 2.26. The van der Waals surface area contributed by atoms with E-state index in [1.807, 2.05) is 0 Å². The van der Waals surface area contributed by atoms with Gasteiger partial charge in [0.25, 0.3) is 5.91 Å². The summed E-state index contributed by atoms with van der Waals surface area (Å²) >= 11 is 17.7. The number of benzene rings is 2. The van der Waals surface area contributed by atoms with Crippen LogP contribution in [0.5, 0.6) is 0 Å². The summed E-state index contributed by atoms with van der Waals surface area (Å²) in [6.07, 6.45) is 0. The number of nitrogens with zero attached hydrogens (tertiary/aromatic N) is 2. The molecule has 2 aromatic carbocycles. The summed E-state index contributed by atoms with van der Waals surface area (Å²) in [5, 5.41) is 3.46. The van der Waals surface area contributed by atoms with Crippen LogP contribution in [0.4, 0.5) is 14.9 Å². The van der Waals surface area contributed by atoms with Crippen molar-refractivity contribution in [2.75, 3.05) is 25.0 Å². The first-order valence-electron chi connectivity index (χ1n) is 8.96. The van der Waals surface area contributed by atoms with Gasteiger partial charge in [-0.1, -0.05) is 34.8 Å². The normalized spacial score (nSPS) is 14.6. The lowest BCUT2D eigenvalue weighted by Gasteiger charge is -2.28. The summed E-state index contributed by atoms with van der Waals surface area (Å²) in [5.74, 6) is -1.48. The number of urea groups is 1. The standard InChI is InChI=1S/C20H17Cl3FN5O2/c21-11-5-10(6-12(24)7-11)18(25)17(19(26)30)16-9-29(4-3-27-16)20(31)28-13-1-2-14(22)15(23)8-13/h1-2,5-8H,3-4,9,25H2,(H2,26,30)(H,28,31). The zero-order chi connectivity index (χ0) is 22.7. The Hall–Kier alpha value is -2.81. The van der Waals surface area contributed by atoms with E-state index in [1.165, 1.54) is 17.0 Å². The fourth-order valence-corrected chi connectivity index (χ4v) is 3.53. The average molecular weight is 485 g/mol. The smallest absolute Gasteiger partial charge is 0.322 e. The number of aliphatic imine (C=N–C) groups is 1. The van der Waals surface area contributed by atoms with Gasteiger partial charge < -0.3 is 21.7 Å². The lowest BCUT2D eigenvalue weighted by atomic mass is 10.0. The number of carbonyl (C=O) groups excluding carboxylic acids is 2.